The minimum absolute atomic E-state index is 0.0184. The molecule has 0 aromatic heterocycles. The summed E-state index contributed by atoms with van der Waals surface area (Å²) < 4.78 is 0. The van der Waals surface area contributed by atoms with Gasteiger partial charge in [0, 0.05) is 0 Å². The normalized spacial score (nSPS) is 13.7. The maximum Gasteiger partial charge on any atom is 0.235 e. The van der Waals surface area contributed by atoms with E-state index in [1.54, 1.807) is 0 Å². The third kappa shape index (κ3) is 7.13. The number of hydrogen-bond donors (Lipinski definition) is 0. The predicted octanol–water partition coefficient (Wildman–Crippen LogP) is 1.61. The molecule has 0 aromatic rings. The van der Waals surface area contributed by atoms with Crippen molar-refractivity contribution < 1.29 is 9.59 Å². The maximum atomic E-state index is 9.85. The summed E-state index contributed by atoms with van der Waals surface area (Å²) in [5.41, 5.74) is 0. The summed E-state index contributed by atoms with van der Waals surface area (Å²) in [4.78, 5) is 26.8. The number of aliphatic imine (C=N–C) groups is 2. The topological polar surface area (TPSA) is 58.9 Å². The van der Waals surface area contributed by atoms with Gasteiger partial charge in [-0.25, -0.2) is 19.6 Å². The zero-order valence-electron chi connectivity index (χ0n) is 7.99. The zero-order chi connectivity index (χ0) is 10.1. The quantitative estimate of drug-likeness (QED) is 0.462. The van der Waals surface area contributed by atoms with Gasteiger partial charge in [-0.2, -0.15) is 0 Å². The Kier molecular flexibility index (Phi) is 6.70. The van der Waals surface area contributed by atoms with Gasteiger partial charge in [0.05, 0.1) is 12.1 Å². The lowest BCUT2D eigenvalue weighted by atomic mass is 10.1. The molecule has 13 heavy (non-hydrogen) atoms. The molecule has 4 nitrogen and oxygen atoms in total. The summed E-state index contributed by atoms with van der Waals surface area (Å²) in [5.74, 6) is 0. The van der Waals surface area contributed by atoms with Gasteiger partial charge in [0.1, 0.15) is 0 Å². The van der Waals surface area contributed by atoms with Crippen LogP contribution < -0.4 is 0 Å². The molecule has 0 heterocycles. The molecule has 0 aliphatic carbocycles. The van der Waals surface area contributed by atoms with Crippen molar-refractivity contribution in [3.8, 4) is 0 Å². The Balaban J connectivity index is 3.55. The summed E-state index contributed by atoms with van der Waals surface area (Å²) in [7, 11) is 0. The first-order valence-electron chi connectivity index (χ1n) is 4.34. The Hall–Kier alpha value is -1.24. The average Bonchev–Trinajstić information content (AvgIpc) is 2.05. The van der Waals surface area contributed by atoms with Gasteiger partial charge in [0.15, 0.2) is 0 Å². The molecule has 0 bridgehead atoms. The lowest BCUT2D eigenvalue weighted by molar-refractivity contribution is 0.530. The molecule has 2 unspecified atom stereocenters. The highest BCUT2D eigenvalue weighted by molar-refractivity contribution is 5.33. The van der Waals surface area contributed by atoms with E-state index in [0.29, 0.717) is 0 Å². The summed E-state index contributed by atoms with van der Waals surface area (Å²) in [6.45, 7) is 3.72. The molecule has 72 valence electrons. The molecule has 0 aliphatic rings. The smallest absolute Gasteiger partial charge is 0.211 e. The largest absolute Gasteiger partial charge is 0.235 e. The fourth-order valence-corrected chi connectivity index (χ4v) is 1.02. The molecule has 0 saturated carbocycles. The minimum Gasteiger partial charge on any atom is -0.211 e. The Bertz CT molecular complexity index is 204. The molecule has 0 radical (unpaired) electrons. The molecule has 0 fully saturated rings. The van der Waals surface area contributed by atoms with Gasteiger partial charge < -0.3 is 0 Å². The van der Waals surface area contributed by atoms with E-state index in [-0.39, 0.29) is 12.1 Å². The van der Waals surface area contributed by atoms with E-state index in [1.165, 1.54) is 12.2 Å². The molecular weight excluding hydrogens is 168 g/mol. The van der Waals surface area contributed by atoms with E-state index < -0.39 is 0 Å². The molecule has 0 rings (SSSR count). The summed E-state index contributed by atoms with van der Waals surface area (Å²) in [6, 6.07) is 0.0369. The Morgan fingerprint density at radius 1 is 1.00 bits per heavy atom. The fraction of sp³-hybridized carbons (Fsp3) is 0.778. The second kappa shape index (κ2) is 7.41. The minimum atomic E-state index is 0.0184. The van der Waals surface area contributed by atoms with E-state index in [1.807, 2.05) is 13.8 Å². The lowest BCUT2D eigenvalue weighted by Gasteiger charge is -2.05. The number of rotatable bonds is 6. The van der Waals surface area contributed by atoms with Gasteiger partial charge in [-0.05, 0) is 33.1 Å². The summed E-state index contributed by atoms with van der Waals surface area (Å²) in [5, 5.41) is 0. The van der Waals surface area contributed by atoms with Crippen LogP contribution in [0.3, 0.4) is 0 Å². The van der Waals surface area contributed by atoms with Crippen molar-refractivity contribution in [2.45, 2.75) is 45.2 Å². The van der Waals surface area contributed by atoms with E-state index in [9.17, 15) is 9.59 Å². The first-order valence-corrected chi connectivity index (χ1v) is 4.34. The van der Waals surface area contributed by atoms with E-state index in [2.05, 4.69) is 9.98 Å². The zero-order valence-corrected chi connectivity index (χ0v) is 7.99. The van der Waals surface area contributed by atoms with Gasteiger partial charge in [0.25, 0.3) is 0 Å². The standard InChI is InChI=1S/C9H14N2O2/c1-8(10-6-12)4-3-5-9(2)11-7-13/h8-9H,3-5H2,1-2H3. The average molecular weight is 182 g/mol. The van der Waals surface area contributed by atoms with Crippen LogP contribution in [0.25, 0.3) is 0 Å². The Morgan fingerprint density at radius 3 is 1.69 bits per heavy atom. The lowest BCUT2D eigenvalue weighted by Crippen LogP contribution is -2.01. The van der Waals surface area contributed by atoms with Crippen molar-refractivity contribution in [1.29, 1.82) is 0 Å². The molecule has 0 saturated heterocycles. The maximum absolute atomic E-state index is 9.85. The Labute approximate surface area is 77.8 Å². The van der Waals surface area contributed by atoms with E-state index >= 15 is 0 Å². The van der Waals surface area contributed by atoms with Crippen LogP contribution >= 0.6 is 0 Å². The van der Waals surface area contributed by atoms with Crippen LogP contribution in [0.1, 0.15) is 33.1 Å². The van der Waals surface area contributed by atoms with E-state index in [0.717, 1.165) is 19.3 Å². The number of carbonyl (C=O) groups excluding carboxylic acids is 2. The molecule has 0 aliphatic heterocycles. The first kappa shape index (κ1) is 11.8. The molecular formula is C9H14N2O2. The number of isocyanates is 2. The van der Waals surface area contributed by atoms with Gasteiger partial charge >= 0.3 is 0 Å². The highest BCUT2D eigenvalue weighted by atomic mass is 16.1. The fourth-order valence-electron chi connectivity index (χ4n) is 1.02. The highest BCUT2D eigenvalue weighted by Gasteiger charge is 2.02. The van der Waals surface area contributed by atoms with Crippen LogP contribution in [0.2, 0.25) is 0 Å². The van der Waals surface area contributed by atoms with Crippen LogP contribution in [-0.4, -0.2) is 24.2 Å². The Morgan fingerprint density at radius 2 is 1.38 bits per heavy atom. The van der Waals surface area contributed by atoms with Gasteiger partial charge in [-0.3, -0.25) is 0 Å². The summed E-state index contributed by atoms with van der Waals surface area (Å²) >= 11 is 0. The third-order valence-electron chi connectivity index (χ3n) is 1.79. The number of hydrogen-bond acceptors (Lipinski definition) is 4. The van der Waals surface area contributed by atoms with Gasteiger partial charge in [0.2, 0.25) is 12.2 Å². The second-order valence-corrected chi connectivity index (χ2v) is 3.07. The van der Waals surface area contributed by atoms with Crippen molar-refractivity contribution in [3.05, 3.63) is 0 Å². The second-order valence-electron chi connectivity index (χ2n) is 3.07. The van der Waals surface area contributed by atoms with Crippen LogP contribution in [0.4, 0.5) is 0 Å². The molecule has 0 N–H and O–H groups in total. The van der Waals surface area contributed by atoms with Crippen LogP contribution in [0.15, 0.2) is 9.98 Å². The van der Waals surface area contributed by atoms with Crippen molar-refractivity contribution in [1.82, 2.24) is 0 Å². The van der Waals surface area contributed by atoms with Gasteiger partial charge in [-0.15, -0.1) is 0 Å². The van der Waals surface area contributed by atoms with E-state index in [4.69, 9.17) is 0 Å². The number of nitrogens with zero attached hydrogens (tertiary/aromatic N) is 2. The molecule has 0 aromatic carbocycles. The third-order valence-corrected chi connectivity index (χ3v) is 1.79. The molecule has 4 heteroatoms. The van der Waals surface area contributed by atoms with Crippen LogP contribution in [0, 0.1) is 0 Å². The molecule has 2 atom stereocenters. The summed E-state index contributed by atoms with van der Waals surface area (Å²) in [6.07, 6.45) is 5.60. The van der Waals surface area contributed by atoms with Crippen LogP contribution in [0.5, 0.6) is 0 Å². The highest BCUT2D eigenvalue weighted by Crippen LogP contribution is 2.07. The van der Waals surface area contributed by atoms with Crippen LogP contribution in [-0.2, 0) is 9.59 Å². The van der Waals surface area contributed by atoms with Gasteiger partial charge in [-0.1, -0.05) is 0 Å². The van der Waals surface area contributed by atoms with Crippen molar-refractivity contribution >= 4 is 12.2 Å². The molecule has 0 spiro atoms. The molecule has 0 amide bonds. The predicted molar refractivity (Wildman–Crippen MR) is 49.0 cm³/mol. The monoisotopic (exact) mass is 182 g/mol. The van der Waals surface area contributed by atoms with Crippen molar-refractivity contribution in [3.63, 3.8) is 0 Å². The SMILES string of the molecule is CC(CCCC(C)N=C=O)N=C=O. The first-order chi connectivity index (χ1) is 6.20. The van der Waals surface area contributed by atoms with Crippen molar-refractivity contribution in [2.24, 2.45) is 9.98 Å². The van der Waals surface area contributed by atoms with Crippen molar-refractivity contribution in [2.75, 3.05) is 0 Å².